The van der Waals surface area contributed by atoms with Crippen LogP contribution in [0.4, 0.5) is 13.2 Å². The van der Waals surface area contributed by atoms with E-state index in [1.807, 2.05) is 6.92 Å². The fourth-order valence-corrected chi connectivity index (χ4v) is 5.24. The molecule has 0 N–H and O–H groups in total. The molecule has 0 spiro atoms. The third-order valence-corrected chi connectivity index (χ3v) is 7.16. The van der Waals surface area contributed by atoms with Gasteiger partial charge in [-0.15, -0.1) is 0 Å². The van der Waals surface area contributed by atoms with Crippen LogP contribution in [-0.4, -0.2) is 46.8 Å². The van der Waals surface area contributed by atoms with Crippen LogP contribution >= 0.6 is 0 Å². The van der Waals surface area contributed by atoms with Gasteiger partial charge in [0, 0.05) is 61.8 Å². The first-order chi connectivity index (χ1) is 19.6. The molecule has 3 heterocycles. The van der Waals surface area contributed by atoms with Crippen molar-refractivity contribution in [3.05, 3.63) is 41.2 Å². The normalized spacial score (nSPS) is 17.7. The molecule has 4 rings (SSSR count). The molecular formula is C30H33F3N2O7. The van der Waals surface area contributed by atoms with Crippen LogP contribution in [0.5, 0.6) is 5.75 Å². The van der Waals surface area contributed by atoms with Gasteiger partial charge in [0.25, 0.3) is 0 Å². The molecule has 9 nitrogen and oxygen atoms in total. The first-order valence-electron chi connectivity index (χ1n) is 13.8. The number of hydrogen-bond acceptors (Lipinski definition) is 8. The maximum absolute atomic E-state index is 13.2. The van der Waals surface area contributed by atoms with Gasteiger partial charge in [-0.25, -0.2) is 0 Å². The van der Waals surface area contributed by atoms with Crippen molar-refractivity contribution >= 4 is 29.3 Å². The second-order valence-electron chi connectivity index (χ2n) is 11.5. The lowest BCUT2D eigenvalue weighted by Gasteiger charge is -2.24. The first-order valence-corrected chi connectivity index (χ1v) is 13.8. The number of alkyl halides is 3. The molecular weight excluding hydrogens is 557 g/mol. The van der Waals surface area contributed by atoms with Crippen molar-refractivity contribution in [2.45, 2.75) is 72.4 Å². The highest BCUT2D eigenvalue weighted by Crippen LogP contribution is 2.44. The Bertz CT molecular complexity index is 1400. The molecule has 0 saturated carbocycles. The van der Waals surface area contributed by atoms with E-state index < -0.39 is 17.9 Å². The van der Waals surface area contributed by atoms with Crippen LogP contribution in [-0.2, 0) is 30.1 Å². The number of hydrogen-bond donors (Lipinski definition) is 0. The first kappa shape index (κ1) is 31.0. The van der Waals surface area contributed by atoms with Gasteiger partial charge in [-0.3, -0.25) is 24.1 Å². The van der Waals surface area contributed by atoms with E-state index in [1.165, 1.54) is 12.1 Å². The highest BCUT2D eigenvalue weighted by Gasteiger charge is 2.37. The van der Waals surface area contributed by atoms with E-state index in [9.17, 15) is 32.3 Å². The quantitative estimate of drug-likeness (QED) is 0.189. The van der Waals surface area contributed by atoms with E-state index in [4.69, 9.17) is 9.47 Å². The number of rotatable bonds is 10. The SMILES string of the molecule is C[C@H]1COC(c2ccc(-c3cc(C(F)(F)F)on3)c(OC(=O)CCCC(=O)CCN3C(=O)CCC3=O)c2)=C1C(C)(C)C. The lowest BCUT2D eigenvalue weighted by Crippen LogP contribution is -2.31. The fourth-order valence-electron chi connectivity index (χ4n) is 5.24. The summed E-state index contributed by atoms with van der Waals surface area (Å²) in [6, 6.07) is 5.43. The smallest absolute Gasteiger partial charge is 0.452 e. The van der Waals surface area contributed by atoms with Gasteiger partial charge in [-0.05, 0) is 29.5 Å². The molecule has 0 aliphatic carbocycles. The highest BCUT2D eigenvalue weighted by atomic mass is 19.4. The lowest BCUT2D eigenvalue weighted by molar-refractivity contribution is -0.155. The molecule has 1 aromatic heterocycles. The Labute approximate surface area is 241 Å². The molecule has 226 valence electrons. The van der Waals surface area contributed by atoms with Gasteiger partial charge >= 0.3 is 12.1 Å². The molecule has 1 atom stereocenters. The average Bonchev–Trinajstić information content (AvgIpc) is 3.61. The molecule has 2 amide bonds. The topological polar surface area (TPSA) is 116 Å². The Kier molecular flexibility index (Phi) is 8.93. The zero-order valence-corrected chi connectivity index (χ0v) is 23.9. The number of aromatic nitrogens is 1. The lowest BCUT2D eigenvalue weighted by atomic mass is 9.79. The number of esters is 1. The molecule has 42 heavy (non-hydrogen) atoms. The molecule has 2 aliphatic rings. The summed E-state index contributed by atoms with van der Waals surface area (Å²) in [4.78, 5) is 49.6. The zero-order chi connectivity index (χ0) is 30.8. The van der Waals surface area contributed by atoms with Crippen molar-refractivity contribution < 1.29 is 46.3 Å². The van der Waals surface area contributed by atoms with Crippen LogP contribution in [0.25, 0.3) is 17.0 Å². The van der Waals surface area contributed by atoms with Crippen molar-refractivity contribution in [1.82, 2.24) is 10.1 Å². The van der Waals surface area contributed by atoms with Gasteiger partial charge in [-0.1, -0.05) is 38.9 Å². The van der Waals surface area contributed by atoms with Crippen LogP contribution in [0.1, 0.15) is 77.5 Å². The van der Waals surface area contributed by atoms with Crippen molar-refractivity contribution in [3.8, 4) is 17.0 Å². The number of likely N-dealkylation sites (tertiary alicyclic amines) is 1. The number of amides is 2. The summed E-state index contributed by atoms with van der Waals surface area (Å²) in [7, 11) is 0. The van der Waals surface area contributed by atoms with E-state index in [0.29, 0.717) is 17.9 Å². The maximum Gasteiger partial charge on any atom is 0.452 e. The predicted molar refractivity (Wildman–Crippen MR) is 143 cm³/mol. The van der Waals surface area contributed by atoms with Crippen molar-refractivity contribution in [2.24, 2.45) is 11.3 Å². The number of ether oxygens (including phenoxy) is 2. The molecule has 0 unspecified atom stereocenters. The Morgan fingerprint density at radius 2 is 1.74 bits per heavy atom. The minimum absolute atomic E-state index is 0.00391. The van der Waals surface area contributed by atoms with Crippen LogP contribution in [0.3, 0.4) is 0 Å². The minimum Gasteiger partial charge on any atom is -0.492 e. The molecule has 2 aromatic rings. The number of nitrogens with zero attached hydrogens (tertiary/aromatic N) is 2. The third-order valence-electron chi connectivity index (χ3n) is 7.16. The molecule has 2 aliphatic heterocycles. The fraction of sp³-hybridized carbons (Fsp3) is 0.500. The zero-order valence-electron chi connectivity index (χ0n) is 23.9. The van der Waals surface area contributed by atoms with Gasteiger partial charge in [0.1, 0.15) is 23.0 Å². The number of Topliss-reactive ketones (excluding diaryl/α,β-unsaturated/α-hetero) is 1. The minimum atomic E-state index is -4.75. The van der Waals surface area contributed by atoms with Gasteiger partial charge in [0.2, 0.25) is 17.6 Å². The van der Waals surface area contributed by atoms with E-state index in [0.717, 1.165) is 16.5 Å². The number of benzene rings is 1. The monoisotopic (exact) mass is 590 g/mol. The van der Waals surface area contributed by atoms with Crippen LogP contribution < -0.4 is 4.74 Å². The third kappa shape index (κ3) is 7.08. The number of imide groups is 1. The second kappa shape index (κ2) is 12.1. The van der Waals surface area contributed by atoms with Crippen LogP contribution in [0, 0.1) is 11.3 Å². The number of carbonyl (C=O) groups excluding carboxylic acids is 4. The van der Waals surface area contributed by atoms with E-state index >= 15 is 0 Å². The number of ketones is 1. The molecule has 0 bridgehead atoms. The molecule has 12 heteroatoms. The summed E-state index contributed by atoms with van der Waals surface area (Å²) in [6.07, 6.45) is -4.42. The maximum atomic E-state index is 13.2. The van der Waals surface area contributed by atoms with Crippen LogP contribution in [0.2, 0.25) is 0 Å². The summed E-state index contributed by atoms with van der Waals surface area (Å²) < 4.78 is 55.6. The van der Waals surface area contributed by atoms with E-state index in [-0.39, 0.29) is 91.0 Å². The number of halogens is 3. The van der Waals surface area contributed by atoms with Gasteiger partial charge < -0.3 is 14.0 Å². The molecule has 0 radical (unpaired) electrons. The Balaban J connectivity index is 1.50. The largest absolute Gasteiger partial charge is 0.492 e. The Morgan fingerprint density at radius 1 is 1.05 bits per heavy atom. The molecule has 1 fully saturated rings. The predicted octanol–water partition coefficient (Wildman–Crippen LogP) is 5.97. The van der Waals surface area contributed by atoms with Crippen LogP contribution in [0.15, 0.2) is 34.4 Å². The number of carbonyl (C=O) groups is 4. The summed E-state index contributed by atoms with van der Waals surface area (Å²) >= 11 is 0. The molecule has 1 aromatic carbocycles. The van der Waals surface area contributed by atoms with Gasteiger partial charge in [-0.2, -0.15) is 13.2 Å². The Hall–Kier alpha value is -3.96. The van der Waals surface area contributed by atoms with Gasteiger partial charge in [0.15, 0.2) is 0 Å². The van der Waals surface area contributed by atoms with Crippen molar-refractivity contribution in [3.63, 3.8) is 0 Å². The van der Waals surface area contributed by atoms with E-state index in [1.54, 1.807) is 6.07 Å². The summed E-state index contributed by atoms with van der Waals surface area (Å²) in [6.45, 7) is 8.68. The average molecular weight is 591 g/mol. The van der Waals surface area contributed by atoms with E-state index in [2.05, 4.69) is 30.5 Å². The summed E-state index contributed by atoms with van der Waals surface area (Å²) in [5.41, 5.74) is 1.38. The molecule has 1 saturated heterocycles. The Morgan fingerprint density at radius 3 is 2.36 bits per heavy atom. The van der Waals surface area contributed by atoms with Crippen molar-refractivity contribution in [1.29, 1.82) is 0 Å². The summed E-state index contributed by atoms with van der Waals surface area (Å²) in [5.74, 6) is -2.07. The van der Waals surface area contributed by atoms with Gasteiger partial charge in [0.05, 0.1) is 6.61 Å². The van der Waals surface area contributed by atoms with Crippen molar-refractivity contribution in [2.75, 3.05) is 13.2 Å². The second-order valence-corrected chi connectivity index (χ2v) is 11.5. The standard InChI is InChI=1S/C30H33F3N2O7/c1-17-16-40-28(27(17)29(2,3)4)18-8-9-20(21-15-23(42-34-21)30(31,32)33)22(14-18)41-26(39)7-5-6-19(36)12-13-35-24(37)10-11-25(35)38/h8-9,14-15,17H,5-7,10-13,16H2,1-4H3/t17-/m0/s1. The highest BCUT2D eigenvalue weighted by molar-refractivity contribution is 6.02. The summed E-state index contributed by atoms with van der Waals surface area (Å²) in [5, 5.41) is 3.54.